The standard InChI is InChI=1S/C13H25N3/c1-12(14-9-7-13(2,3)4)6-11-16-10-5-8-15-16/h5,8,10,12,14H,6-7,9,11H2,1-4H3. The van der Waals surface area contributed by atoms with Gasteiger partial charge in [-0.3, -0.25) is 4.68 Å². The van der Waals surface area contributed by atoms with Crippen molar-refractivity contribution in [3.63, 3.8) is 0 Å². The summed E-state index contributed by atoms with van der Waals surface area (Å²) in [5.41, 5.74) is 0.425. The van der Waals surface area contributed by atoms with Crippen molar-refractivity contribution in [3.8, 4) is 0 Å². The van der Waals surface area contributed by atoms with E-state index in [0.717, 1.165) is 19.5 Å². The second-order valence-electron chi connectivity index (χ2n) is 5.72. The lowest BCUT2D eigenvalue weighted by atomic mass is 9.92. The number of nitrogens with zero attached hydrogens (tertiary/aromatic N) is 2. The van der Waals surface area contributed by atoms with E-state index < -0.39 is 0 Å². The van der Waals surface area contributed by atoms with Crippen LogP contribution in [0.1, 0.15) is 40.5 Å². The summed E-state index contributed by atoms with van der Waals surface area (Å²) in [4.78, 5) is 0. The van der Waals surface area contributed by atoms with Crippen LogP contribution in [0.5, 0.6) is 0 Å². The summed E-state index contributed by atoms with van der Waals surface area (Å²) in [6.45, 7) is 11.2. The lowest BCUT2D eigenvalue weighted by molar-refractivity contribution is 0.349. The predicted molar refractivity (Wildman–Crippen MR) is 68.4 cm³/mol. The minimum Gasteiger partial charge on any atom is -0.314 e. The van der Waals surface area contributed by atoms with Gasteiger partial charge in [-0.2, -0.15) is 5.10 Å². The fourth-order valence-electron chi connectivity index (χ4n) is 1.55. The third-order valence-electron chi connectivity index (χ3n) is 2.72. The Balaban J connectivity index is 2.09. The smallest absolute Gasteiger partial charge is 0.0489 e. The largest absolute Gasteiger partial charge is 0.314 e. The van der Waals surface area contributed by atoms with Crippen LogP contribution in [-0.4, -0.2) is 22.4 Å². The molecule has 1 N–H and O–H groups in total. The van der Waals surface area contributed by atoms with Gasteiger partial charge in [0, 0.05) is 25.0 Å². The highest BCUT2D eigenvalue weighted by molar-refractivity contribution is 4.78. The van der Waals surface area contributed by atoms with E-state index >= 15 is 0 Å². The van der Waals surface area contributed by atoms with Crippen molar-refractivity contribution >= 4 is 0 Å². The zero-order valence-electron chi connectivity index (χ0n) is 11.0. The molecule has 1 unspecified atom stereocenters. The van der Waals surface area contributed by atoms with Gasteiger partial charge in [0.25, 0.3) is 0 Å². The summed E-state index contributed by atoms with van der Waals surface area (Å²) in [6, 6.07) is 2.53. The van der Waals surface area contributed by atoms with E-state index in [0.29, 0.717) is 11.5 Å². The second kappa shape index (κ2) is 6.04. The van der Waals surface area contributed by atoms with E-state index in [-0.39, 0.29) is 0 Å². The average Bonchev–Trinajstić information content (AvgIpc) is 2.65. The van der Waals surface area contributed by atoms with Crippen molar-refractivity contribution in [2.75, 3.05) is 6.54 Å². The molecule has 0 aliphatic heterocycles. The highest BCUT2D eigenvalue weighted by atomic mass is 15.3. The van der Waals surface area contributed by atoms with Gasteiger partial charge in [-0.15, -0.1) is 0 Å². The van der Waals surface area contributed by atoms with Gasteiger partial charge in [0.1, 0.15) is 0 Å². The maximum atomic E-state index is 4.20. The Morgan fingerprint density at radius 2 is 2.12 bits per heavy atom. The van der Waals surface area contributed by atoms with Gasteiger partial charge < -0.3 is 5.32 Å². The van der Waals surface area contributed by atoms with Crippen LogP contribution in [0.2, 0.25) is 0 Å². The Hall–Kier alpha value is -0.830. The van der Waals surface area contributed by atoms with Crippen molar-refractivity contribution in [2.24, 2.45) is 5.41 Å². The van der Waals surface area contributed by atoms with Crippen molar-refractivity contribution in [3.05, 3.63) is 18.5 Å². The lowest BCUT2D eigenvalue weighted by Gasteiger charge is -2.20. The monoisotopic (exact) mass is 223 g/mol. The summed E-state index contributed by atoms with van der Waals surface area (Å²) >= 11 is 0. The molecule has 0 bridgehead atoms. The Kier molecular flexibility index (Phi) is 5.00. The number of aryl methyl sites for hydroxylation is 1. The van der Waals surface area contributed by atoms with E-state index in [1.807, 2.05) is 23.1 Å². The summed E-state index contributed by atoms with van der Waals surface area (Å²) in [5.74, 6) is 0. The topological polar surface area (TPSA) is 29.9 Å². The van der Waals surface area contributed by atoms with Crippen LogP contribution in [0.3, 0.4) is 0 Å². The molecule has 0 saturated carbocycles. The first-order chi connectivity index (χ1) is 7.47. The molecule has 1 heterocycles. The molecular weight excluding hydrogens is 198 g/mol. The van der Waals surface area contributed by atoms with E-state index in [1.54, 1.807) is 0 Å². The Morgan fingerprint density at radius 1 is 1.38 bits per heavy atom. The summed E-state index contributed by atoms with van der Waals surface area (Å²) in [5, 5.41) is 7.76. The third-order valence-corrected chi connectivity index (χ3v) is 2.72. The molecule has 3 heteroatoms. The molecule has 16 heavy (non-hydrogen) atoms. The molecule has 92 valence electrons. The van der Waals surface area contributed by atoms with Crippen molar-refractivity contribution in [2.45, 2.75) is 53.1 Å². The van der Waals surface area contributed by atoms with Crippen molar-refractivity contribution in [1.82, 2.24) is 15.1 Å². The molecule has 0 aromatic carbocycles. The predicted octanol–water partition coefficient (Wildman–Crippen LogP) is 2.69. The second-order valence-corrected chi connectivity index (χ2v) is 5.72. The molecule has 0 aliphatic carbocycles. The van der Waals surface area contributed by atoms with Gasteiger partial charge in [0.15, 0.2) is 0 Å². The van der Waals surface area contributed by atoms with Crippen LogP contribution in [-0.2, 0) is 6.54 Å². The first-order valence-electron chi connectivity index (χ1n) is 6.18. The molecule has 0 fully saturated rings. The zero-order chi connectivity index (χ0) is 12.0. The highest BCUT2D eigenvalue weighted by Crippen LogP contribution is 2.17. The summed E-state index contributed by atoms with van der Waals surface area (Å²) < 4.78 is 1.99. The van der Waals surface area contributed by atoms with Gasteiger partial charge in [-0.1, -0.05) is 20.8 Å². The molecule has 0 aliphatic rings. The fourth-order valence-corrected chi connectivity index (χ4v) is 1.55. The van der Waals surface area contributed by atoms with E-state index in [4.69, 9.17) is 0 Å². The molecule has 0 spiro atoms. The van der Waals surface area contributed by atoms with Crippen molar-refractivity contribution in [1.29, 1.82) is 0 Å². The van der Waals surface area contributed by atoms with Gasteiger partial charge in [0.2, 0.25) is 0 Å². The quantitative estimate of drug-likeness (QED) is 0.803. The van der Waals surface area contributed by atoms with Crippen LogP contribution in [0.4, 0.5) is 0 Å². The number of nitrogens with one attached hydrogen (secondary N) is 1. The fraction of sp³-hybridized carbons (Fsp3) is 0.769. The number of hydrogen-bond donors (Lipinski definition) is 1. The molecule has 0 radical (unpaired) electrons. The molecule has 1 atom stereocenters. The average molecular weight is 223 g/mol. The van der Waals surface area contributed by atoms with Crippen LogP contribution < -0.4 is 5.32 Å². The summed E-state index contributed by atoms with van der Waals surface area (Å²) in [7, 11) is 0. The summed E-state index contributed by atoms with van der Waals surface area (Å²) in [6.07, 6.45) is 6.20. The Labute approximate surface area is 99.2 Å². The first-order valence-corrected chi connectivity index (χ1v) is 6.18. The minimum absolute atomic E-state index is 0.425. The zero-order valence-corrected chi connectivity index (χ0v) is 11.0. The number of aromatic nitrogens is 2. The van der Waals surface area contributed by atoms with Crippen molar-refractivity contribution < 1.29 is 0 Å². The maximum absolute atomic E-state index is 4.20. The molecule has 0 amide bonds. The molecular formula is C13H25N3. The number of hydrogen-bond acceptors (Lipinski definition) is 2. The first kappa shape index (κ1) is 13.2. The van der Waals surface area contributed by atoms with E-state index in [9.17, 15) is 0 Å². The van der Waals surface area contributed by atoms with E-state index in [1.165, 1.54) is 6.42 Å². The lowest BCUT2D eigenvalue weighted by Crippen LogP contribution is -2.30. The molecule has 1 aromatic heterocycles. The normalized spacial score (nSPS) is 14.0. The van der Waals surface area contributed by atoms with Crippen LogP contribution >= 0.6 is 0 Å². The Bertz CT molecular complexity index is 272. The highest BCUT2D eigenvalue weighted by Gasteiger charge is 2.10. The minimum atomic E-state index is 0.425. The molecule has 1 rings (SSSR count). The van der Waals surface area contributed by atoms with Gasteiger partial charge in [0.05, 0.1) is 0 Å². The molecule has 0 saturated heterocycles. The maximum Gasteiger partial charge on any atom is 0.0489 e. The van der Waals surface area contributed by atoms with Crippen LogP contribution in [0.15, 0.2) is 18.5 Å². The van der Waals surface area contributed by atoms with Crippen LogP contribution in [0.25, 0.3) is 0 Å². The molecule has 3 nitrogen and oxygen atoms in total. The molecule has 1 aromatic rings. The van der Waals surface area contributed by atoms with Gasteiger partial charge >= 0.3 is 0 Å². The number of rotatable bonds is 6. The van der Waals surface area contributed by atoms with E-state index in [2.05, 4.69) is 38.1 Å². The SMILES string of the molecule is CC(CCn1cccn1)NCCC(C)(C)C. The third kappa shape index (κ3) is 5.91. The van der Waals surface area contributed by atoms with Crippen LogP contribution in [0, 0.1) is 5.41 Å². The van der Waals surface area contributed by atoms with Gasteiger partial charge in [-0.05, 0) is 37.8 Å². The van der Waals surface area contributed by atoms with Gasteiger partial charge in [-0.25, -0.2) is 0 Å². The Morgan fingerprint density at radius 3 is 2.69 bits per heavy atom.